The van der Waals surface area contributed by atoms with Crippen LogP contribution >= 0.6 is 11.6 Å². The van der Waals surface area contributed by atoms with Crippen LogP contribution in [0.2, 0.25) is 5.02 Å². The van der Waals surface area contributed by atoms with Crippen LogP contribution in [0.3, 0.4) is 0 Å². The maximum absolute atomic E-state index is 8.89. The van der Waals surface area contributed by atoms with Crippen molar-refractivity contribution in [1.29, 1.82) is 5.26 Å². The number of anilines is 2. The van der Waals surface area contributed by atoms with Gasteiger partial charge in [-0.1, -0.05) is 23.7 Å². The molecule has 0 radical (unpaired) electrons. The molecule has 0 spiro atoms. The molecule has 2 aromatic rings. The predicted molar refractivity (Wildman–Crippen MR) is 79.1 cm³/mol. The van der Waals surface area contributed by atoms with Crippen LogP contribution in [0.1, 0.15) is 11.1 Å². The molecule has 2 aromatic carbocycles. The SMILES string of the molecule is CN(Cc1cccc(C#N)c1)c1ccc(Cl)cc1N. The third-order valence-electron chi connectivity index (χ3n) is 2.88. The van der Waals surface area contributed by atoms with E-state index in [1.165, 1.54) is 0 Å². The lowest BCUT2D eigenvalue weighted by molar-refractivity contribution is 0.924. The summed E-state index contributed by atoms with van der Waals surface area (Å²) in [5.41, 5.74) is 9.25. The summed E-state index contributed by atoms with van der Waals surface area (Å²) in [7, 11) is 1.96. The van der Waals surface area contributed by atoms with Crippen LogP contribution < -0.4 is 10.6 Å². The van der Waals surface area contributed by atoms with Gasteiger partial charge in [0.15, 0.2) is 0 Å². The molecule has 0 bridgehead atoms. The molecule has 0 aliphatic rings. The maximum Gasteiger partial charge on any atom is 0.0991 e. The molecule has 0 aliphatic carbocycles. The Balaban J connectivity index is 2.20. The van der Waals surface area contributed by atoms with Gasteiger partial charge in [-0.3, -0.25) is 0 Å². The third kappa shape index (κ3) is 3.18. The molecule has 0 unspecified atom stereocenters. The number of hydrogen-bond acceptors (Lipinski definition) is 3. The zero-order valence-corrected chi connectivity index (χ0v) is 11.4. The summed E-state index contributed by atoms with van der Waals surface area (Å²) in [6, 6.07) is 15.1. The van der Waals surface area contributed by atoms with Crippen LogP contribution in [-0.2, 0) is 6.54 Å². The van der Waals surface area contributed by atoms with Gasteiger partial charge in [-0.15, -0.1) is 0 Å². The van der Waals surface area contributed by atoms with Gasteiger partial charge in [0, 0.05) is 18.6 Å². The number of rotatable bonds is 3. The molecular formula is C15H14ClN3. The fourth-order valence-corrected chi connectivity index (χ4v) is 2.15. The summed E-state index contributed by atoms with van der Waals surface area (Å²) in [4.78, 5) is 2.03. The molecule has 0 amide bonds. The Hall–Kier alpha value is -2.18. The summed E-state index contributed by atoms with van der Waals surface area (Å²) in [6.45, 7) is 0.682. The number of nitrogen functional groups attached to an aromatic ring is 1. The Labute approximate surface area is 117 Å². The second kappa shape index (κ2) is 5.64. The van der Waals surface area contributed by atoms with Crippen LogP contribution in [0.4, 0.5) is 11.4 Å². The standard InChI is InChI=1S/C15H14ClN3/c1-19(15-6-5-13(16)8-14(15)18)10-12-4-2-3-11(7-12)9-17/h2-8H,10,18H2,1H3. The highest BCUT2D eigenvalue weighted by Crippen LogP contribution is 2.26. The van der Waals surface area contributed by atoms with Crippen LogP contribution in [0.15, 0.2) is 42.5 Å². The number of nitrogens with two attached hydrogens (primary N) is 1. The first-order valence-corrected chi connectivity index (χ1v) is 6.23. The molecule has 2 rings (SSSR count). The minimum atomic E-state index is 0.626. The van der Waals surface area contributed by atoms with Gasteiger partial charge in [-0.25, -0.2) is 0 Å². The van der Waals surface area contributed by atoms with Crippen molar-refractivity contribution in [2.24, 2.45) is 0 Å². The minimum Gasteiger partial charge on any atom is -0.397 e. The highest BCUT2D eigenvalue weighted by atomic mass is 35.5. The lowest BCUT2D eigenvalue weighted by Crippen LogP contribution is -2.17. The minimum absolute atomic E-state index is 0.626. The molecule has 0 saturated carbocycles. The Morgan fingerprint density at radius 2 is 2.05 bits per heavy atom. The average Bonchev–Trinajstić information content (AvgIpc) is 2.38. The molecule has 2 N–H and O–H groups in total. The topological polar surface area (TPSA) is 53.0 Å². The Kier molecular flexibility index (Phi) is 3.94. The van der Waals surface area contributed by atoms with E-state index in [1.54, 1.807) is 12.1 Å². The molecule has 19 heavy (non-hydrogen) atoms. The zero-order valence-electron chi connectivity index (χ0n) is 10.6. The second-order valence-corrected chi connectivity index (χ2v) is 4.81. The molecule has 3 nitrogen and oxygen atoms in total. The van der Waals surface area contributed by atoms with Crippen LogP contribution in [0.5, 0.6) is 0 Å². The van der Waals surface area contributed by atoms with Crippen molar-refractivity contribution >= 4 is 23.0 Å². The summed E-state index contributed by atoms with van der Waals surface area (Å²) in [5.74, 6) is 0. The fourth-order valence-electron chi connectivity index (χ4n) is 1.97. The predicted octanol–water partition coefficient (Wildman–Crippen LogP) is 3.43. The summed E-state index contributed by atoms with van der Waals surface area (Å²) >= 11 is 5.89. The van der Waals surface area contributed by atoms with E-state index >= 15 is 0 Å². The van der Waals surface area contributed by atoms with Gasteiger partial charge in [-0.05, 0) is 35.9 Å². The Morgan fingerprint density at radius 1 is 1.26 bits per heavy atom. The van der Waals surface area contributed by atoms with Gasteiger partial charge in [0.2, 0.25) is 0 Å². The van der Waals surface area contributed by atoms with E-state index in [4.69, 9.17) is 22.6 Å². The molecular weight excluding hydrogens is 258 g/mol. The first-order valence-electron chi connectivity index (χ1n) is 5.85. The van der Waals surface area contributed by atoms with Crippen molar-refractivity contribution in [3.05, 3.63) is 58.6 Å². The molecule has 0 heterocycles. The van der Waals surface area contributed by atoms with Crippen molar-refractivity contribution in [2.45, 2.75) is 6.54 Å². The van der Waals surface area contributed by atoms with Crippen LogP contribution in [0, 0.1) is 11.3 Å². The molecule has 4 heteroatoms. The Bertz CT molecular complexity index is 632. The molecule has 96 valence electrons. The van der Waals surface area contributed by atoms with E-state index < -0.39 is 0 Å². The van der Waals surface area contributed by atoms with E-state index in [0.717, 1.165) is 11.3 Å². The summed E-state index contributed by atoms with van der Waals surface area (Å²) in [6.07, 6.45) is 0. The van der Waals surface area contributed by atoms with E-state index in [9.17, 15) is 0 Å². The number of benzene rings is 2. The van der Waals surface area contributed by atoms with E-state index in [-0.39, 0.29) is 0 Å². The molecule has 0 fully saturated rings. The van der Waals surface area contributed by atoms with Crippen molar-refractivity contribution in [3.63, 3.8) is 0 Å². The van der Waals surface area contributed by atoms with Gasteiger partial charge in [0.25, 0.3) is 0 Å². The normalized spacial score (nSPS) is 9.95. The highest BCUT2D eigenvalue weighted by Gasteiger charge is 2.07. The smallest absolute Gasteiger partial charge is 0.0991 e. The molecule has 0 aromatic heterocycles. The second-order valence-electron chi connectivity index (χ2n) is 4.37. The summed E-state index contributed by atoms with van der Waals surface area (Å²) < 4.78 is 0. The molecule has 0 aliphatic heterocycles. The number of nitrogens with zero attached hydrogens (tertiary/aromatic N) is 2. The van der Waals surface area contributed by atoms with Gasteiger partial charge in [-0.2, -0.15) is 5.26 Å². The number of hydrogen-bond donors (Lipinski definition) is 1. The Morgan fingerprint density at radius 3 is 2.74 bits per heavy atom. The van der Waals surface area contributed by atoms with E-state index in [1.807, 2.05) is 42.3 Å². The van der Waals surface area contributed by atoms with E-state index in [2.05, 4.69) is 6.07 Å². The number of halogens is 1. The average molecular weight is 272 g/mol. The maximum atomic E-state index is 8.89. The lowest BCUT2D eigenvalue weighted by Gasteiger charge is -2.21. The zero-order chi connectivity index (χ0) is 13.8. The molecule has 0 atom stereocenters. The van der Waals surface area contributed by atoms with Gasteiger partial charge in [0.05, 0.1) is 23.0 Å². The lowest BCUT2D eigenvalue weighted by atomic mass is 10.1. The van der Waals surface area contributed by atoms with Crippen molar-refractivity contribution < 1.29 is 0 Å². The quantitative estimate of drug-likeness (QED) is 0.870. The van der Waals surface area contributed by atoms with Gasteiger partial charge >= 0.3 is 0 Å². The van der Waals surface area contributed by atoms with E-state index in [0.29, 0.717) is 22.8 Å². The monoisotopic (exact) mass is 271 g/mol. The largest absolute Gasteiger partial charge is 0.397 e. The van der Waals surface area contributed by atoms with Gasteiger partial charge in [0.1, 0.15) is 0 Å². The van der Waals surface area contributed by atoms with Gasteiger partial charge < -0.3 is 10.6 Å². The third-order valence-corrected chi connectivity index (χ3v) is 3.11. The highest BCUT2D eigenvalue weighted by molar-refractivity contribution is 6.31. The molecule has 0 saturated heterocycles. The van der Waals surface area contributed by atoms with Crippen molar-refractivity contribution in [2.75, 3.05) is 17.7 Å². The van der Waals surface area contributed by atoms with Crippen LogP contribution in [0.25, 0.3) is 0 Å². The number of nitriles is 1. The van der Waals surface area contributed by atoms with Crippen LogP contribution in [-0.4, -0.2) is 7.05 Å². The van der Waals surface area contributed by atoms with Crippen molar-refractivity contribution in [3.8, 4) is 6.07 Å². The van der Waals surface area contributed by atoms with Crippen molar-refractivity contribution in [1.82, 2.24) is 0 Å². The fraction of sp³-hybridized carbons (Fsp3) is 0.133. The summed E-state index contributed by atoms with van der Waals surface area (Å²) in [5, 5.41) is 9.52. The first kappa shape index (κ1) is 13.3. The first-order chi connectivity index (χ1) is 9.10.